The average molecular weight is 188 g/mol. The van der Waals surface area contributed by atoms with E-state index >= 15 is 0 Å². The Morgan fingerprint density at radius 2 is 2.00 bits per heavy atom. The molecule has 2 aromatic rings. The summed E-state index contributed by atoms with van der Waals surface area (Å²) in [4.78, 5) is 0. The summed E-state index contributed by atoms with van der Waals surface area (Å²) in [6.07, 6.45) is 0. The molecule has 1 aromatic heterocycles. The molecule has 0 atom stereocenters. The third-order valence-corrected chi connectivity index (χ3v) is 2.64. The summed E-state index contributed by atoms with van der Waals surface area (Å²) in [7, 11) is 2.02. The summed E-state index contributed by atoms with van der Waals surface area (Å²) in [5.41, 5.74) is 3.76. The van der Waals surface area contributed by atoms with Crippen LogP contribution in [0.3, 0.4) is 0 Å². The Hall–Kier alpha value is -1.31. The minimum Gasteiger partial charge on any atom is -0.267 e. The first kappa shape index (κ1) is 9.25. The van der Waals surface area contributed by atoms with Gasteiger partial charge in [-0.1, -0.05) is 32.0 Å². The van der Waals surface area contributed by atoms with Gasteiger partial charge in [-0.05, 0) is 18.4 Å². The number of hydrogen-bond donors (Lipinski definition) is 0. The smallest absolute Gasteiger partial charge is 0.0728 e. The molecule has 0 fully saturated rings. The topological polar surface area (TPSA) is 17.8 Å². The van der Waals surface area contributed by atoms with Crippen LogP contribution in [-0.2, 0) is 7.05 Å². The van der Waals surface area contributed by atoms with Crippen LogP contribution in [0.4, 0.5) is 0 Å². The number of rotatable bonds is 1. The van der Waals surface area contributed by atoms with Crippen LogP contribution in [0.1, 0.15) is 31.0 Å². The Morgan fingerprint density at radius 1 is 1.29 bits per heavy atom. The fourth-order valence-electron chi connectivity index (χ4n) is 1.99. The van der Waals surface area contributed by atoms with E-state index < -0.39 is 0 Å². The zero-order valence-electron chi connectivity index (χ0n) is 9.20. The highest BCUT2D eigenvalue weighted by Gasteiger charge is 2.12. The average Bonchev–Trinajstić information content (AvgIpc) is 2.45. The largest absolute Gasteiger partial charge is 0.267 e. The lowest BCUT2D eigenvalue weighted by molar-refractivity contribution is 0.728. The Bertz CT molecular complexity index is 466. The first-order valence-electron chi connectivity index (χ1n) is 5.03. The van der Waals surface area contributed by atoms with Crippen LogP contribution in [0.5, 0.6) is 0 Å². The Balaban J connectivity index is 2.84. The summed E-state index contributed by atoms with van der Waals surface area (Å²) in [6.45, 7) is 6.50. The Kier molecular flexibility index (Phi) is 2.06. The van der Waals surface area contributed by atoms with E-state index in [9.17, 15) is 0 Å². The summed E-state index contributed by atoms with van der Waals surface area (Å²) >= 11 is 0. The van der Waals surface area contributed by atoms with Crippen molar-refractivity contribution in [2.75, 3.05) is 0 Å². The van der Waals surface area contributed by atoms with Gasteiger partial charge in [0.2, 0.25) is 0 Å². The number of fused-ring (bicyclic) bond motifs is 1. The number of aryl methyl sites for hydroxylation is 2. The van der Waals surface area contributed by atoms with Gasteiger partial charge in [0.05, 0.1) is 11.2 Å². The van der Waals surface area contributed by atoms with Crippen LogP contribution < -0.4 is 0 Å². The number of hydrogen-bond acceptors (Lipinski definition) is 1. The molecule has 2 nitrogen and oxygen atoms in total. The zero-order chi connectivity index (χ0) is 10.3. The monoisotopic (exact) mass is 188 g/mol. The predicted octanol–water partition coefficient (Wildman–Crippen LogP) is 3.01. The van der Waals surface area contributed by atoms with Gasteiger partial charge in [0.15, 0.2) is 0 Å². The molecule has 0 N–H and O–H groups in total. The van der Waals surface area contributed by atoms with Crippen molar-refractivity contribution in [3.8, 4) is 0 Å². The van der Waals surface area contributed by atoms with Gasteiger partial charge in [-0.25, -0.2) is 0 Å². The van der Waals surface area contributed by atoms with Gasteiger partial charge in [-0.2, -0.15) is 5.10 Å². The van der Waals surface area contributed by atoms with Crippen molar-refractivity contribution in [3.63, 3.8) is 0 Å². The maximum atomic E-state index is 4.57. The van der Waals surface area contributed by atoms with E-state index in [1.807, 2.05) is 11.7 Å². The highest BCUT2D eigenvalue weighted by molar-refractivity contribution is 5.85. The van der Waals surface area contributed by atoms with Crippen molar-refractivity contribution in [2.45, 2.75) is 26.7 Å². The van der Waals surface area contributed by atoms with Gasteiger partial charge < -0.3 is 0 Å². The van der Waals surface area contributed by atoms with Crippen LogP contribution in [0, 0.1) is 6.92 Å². The van der Waals surface area contributed by atoms with Gasteiger partial charge in [-0.3, -0.25) is 4.68 Å². The highest BCUT2D eigenvalue weighted by Crippen LogP contribution is 2.25. The lowest BCUT2D eigenvalue weighted by atomic mass is 10.0. The molecule has 0 spiro atoms. The van der Waals surface area contributed by atoms with Crippen LogP contribution in [-0.4, -0.2) is 9.78 Å². The number of para-hydroxylation sites is 1. The third kappa shape index (κ3) is 1.22. The maximum Gasteiger partial charge on any atom is 0.0728 e. The molecule has 14 heavy (non-hydrogen) atoms. The molecule has 1 heterocycles. The molecule has 0 aliphatic rings. The van der Waals surface area contributed by atoms with Gasteiger partial charge in [-0.15, -0.1) is 0 Å². The maximum absolute atomic E-state index is 4.57. The molecule has 0 saturated heterocycles. The van der Waals surface area contributed by atoms with E-state index in [1.54, 1.807) is 0 Å². The molecule has 2 heteroatoms. The first-order valence-corrected chi connectivity index (χ1v) is 5.03. The van der Waals surface area contributed by atoms with E-state index in [-0.39, 0.29) is 0 Å². The lowest BCUT2D eigenvalue weighted by Gasteiger charge is -2.00. The molecule has 74 valence electrons. The van der Waals surface area contributed by atoms with Crippen molar-refractivity contribution >= 4 is 10.9 Å². The number of benzene rings is 1. The second kappa shape index (κ2) is 3.12. The van der Waals surface area contributed by atoms with Crippen molar-refractivity contribution in [2.24, 2.45) is 7.05 Å². The SMILES string of the molecule is Cc1cccc2c(C(C)C)nn(C)c12. The van der Waals surface area contributed by atoms with Crippen LogP contribution in [0.15, 0.2) is 18.2 Å². The number of nitrogens with zero attached hydrogens (tertiary/aromatic N) is 2. The summed E-state index contributed by atoms with van der Waals surface area (Å²) < 4.78 is 1.99. The standard InChI is InChI=1S/C12H16N2/c1-8(2)11-10-7-5-6-9(3)12(10)14(4)13-11/h5-8H,1-4H3. The van der Waals surface area contributed by atoms with Gasteiger partial charge in [0.1, 0.15) is 0 Å². The minimum atomic E-state index is 0.487. The molecule has 0 unspecified atom stereocenters. The second-order valence-electron chi connectivity index (χ2n) is 4.13. The molecule has 0 amide bonds. The van der Waals surface area contributed by atoms with E-state index in [0.717, 1.165) is 0 Å². The summed E-state index contributed by atoms with van der Waals surface area (Å²) in [5, 5.41) is 5.86. The quantitative estimate of drug-likeness (QED) is 0.672. The van der Waals surface area contributed by atoms with Crippen molar-refractivity contribution in [3.05, 3.63) is 29.5 Å². The summed E-state index contributed by atoms with van der Waals surface area (Å²) in [6, 6.07) is 6.39. The molecule has 1 aromatic carbocycles. The van der Waals surface area contributed by atoms with Crippen LogP contribution in [0.2, 0.25) is 0 Å². The molecule has 2 rings (SSSR count). The molecule has 0 radical (unpaired) electrons. The van der Waals surface area contributed by atoms with Crippen molar-refractivity contribution in [1.29, 1.82) is 0 Å². The van der Waals surface area contributed by atoms with E-state index in [1.165, 1.54) is 22.2 Å². The van der Waals surface area contributed by atoms with Gasteiger partial charge in [0.25, 0.3) is 0 Å². The van der Waals surface area contributed by atoms with Crippen LogP contribution in [0.25, 0.3) is 10.9 Å². The Labute approximate surface area is 84.5 Å². The molecule has 0 aliphatic carbocycles. The second-order valence-corrected chi connectivity index (χ2v) is 4.13. The fourth-order valence-corrected chi connectivity index (χ4v) is 1.99. The summed E-state index contributed by atoms with van der Waals surface area (Å²) in [5.74, 6) is 0.487. The predicted molar refractivity (Wildman–Crippen MR) is 59.5 cm³/mol. The molecule has 0 bridgehead atoms. The number of aromatic nitrogens is 2. The molecule has 0 saturated carbocycles. The lowest BCUT2D eigenvalue weighted by Crippen LogP contribution is -1.93. The van der Waals surface area contributed by atoms with Crippen molar-refractivity contribution in [1.82, 2.24) is 9.78 Å². The molecule has 0 aliphatic heterocycles. The first-order chi connectivity index (χ1) is 6.61. The van der Waals surface area contributed by atoms with E-state index in [0.29, 0.717) is 5.92 Å². The van der Waals surface area contributed by atoms with E-state index in [4.69, 9.17) is 0 Å². The third-order valence-electron chi connectivity index (χ3n) is 2.64. The fraction of sp³-hybridized carbons (Fsp3) is 0.417. The van der Waals surface area contributed by atoms with Gasteiger partial charge in [0, 0.05) is 12.4 Å². The van der Waals surface area contributed by atoms with Crippen LogP contribution >= 0.6 is 0 Å². The van der Waals surface area contributed by atoms with E-state index in [2.05, 4.69) is 44.1 Å². The highest BCUT2D eigenvalue weighted by atomic mass is 15.3. The zero-order valence-corrected chi connectivity index (χ0v) is 9.20. The molecular formula is C12H16N2. The molecular weight excluding hydrogens is 172 g/mol. The minimum absolute atomic E-state index is 0.487. The Morgan fingerprint density at radius 3 is 2.64 bits per heavy atom. The van der Waals surface area contributed by atoms with Crippen molar-refractivity contribution < 1.29 is 0 Å². The normalized spacial score (nSPS) is 11.5. The van der Waals surface area contributed by atoms with Gasteiger partial charge >= 0.3 is 0 Å².